The minimum absolute atomic E-state index is 0.0424. The lowest BCUT2D eigenvalue weighted by Crippen LogP contribution is -2.44. The lowest BCUT2D eigenvalue weighted by atomic mass is 9.98. The number of carbonyl (C=O) groups is 2. The molecule has 8 heteroatoms. The molecule has 2 heterocycles. The Morgan fingerprint density at radius 3 is 2.76 bits per heavy atom. The molecule has 3 amide bonds. The summed E-state index contributed by atoms with van der Waals surface area (Å²) in [5.74, 6) is 5.55. The Bertz CT molecular complexity index is 600. The largest absolute Gasteiger partial charge is 0.325 e. The Balaban J connectivity index is 1.85. The number of nitrogens with zero attached hydrogens (tertiary/aromatic N) is 2. The number of nitrogens with one attached hydrogen (secondary N) is 2. The highest BCUT2D eigenvalue weighted by Gasteiger charge is 2.52. The molecule has 112 valence electrons. The van der Waals surface area contributed by atoms with Crippen molar-refractivity contribution in [3.63, 3.8) is 0 Å². The number of anilines is 1. The highest BCUT2D eigenvalue weighted by Crippen LogP contribution is 2.35. The fourth-order valence-electron chi connectivity index (χ4n) is 2.96. The van der Waals surface area contributed by atoms with Crippen LogP contribution in [-0.4, -0.2) is 27.4 Å². The van der Waals surface area contributed by atoms with E-state index in [1.54, 1.807) is 12.1 Å². The van der Waals surface area contributed by atoms with Crippen LogP contribution >= 0.6 is 11.6 Å². The number of urea groups is 1. The van der Waals surface area contributed by atoms with Crippen molar-refractivity contribution in [3.05, 3.63) is 22.8 Å². The van der Waals surface area contributed by atoms with E-state index in [2.05, 4.69) is 15.7 Å². The smallest absolute Gasteiger partial charge is 0.323 e. The first-order valence-electron chi connectivity index (χ1n) is 6.82. The average Bonchev–Trinajstić information content (AvgIpc) is 3.02. The van der Waals surface area contributed by atoms with Gasteiger partial charge in [-0.15, -0.1) is 0 Å². The Hall–Kier alpha value is -1.86. The number of aromatic nitrogens is 1. The third-order valence-corrected chi connectivity index (χ3v) is 4.42. The van der Waals surface area contributed by atoms with Gasteiger partial charge in [-0.25, -0.2) is 15.6 Å². The summed E-state index contributed by atoms with van der Waals surface area (Å²) in [6.07, 6.45) is 3.29. The number of nitrogens with two attached hydrogens (primary N) is 1. The number of imide groups is 1. The molecule has 4 N–H and O–H groups in total. The van der Waals surface area contributed by atoms with Crippen LogP contribution in [0.25, 0.3) is 0 Å². The van der Waals surface area contributed by atoms with Crippen LogP contribution in [0.5, 0.6) is 0 Å². The summed E-state index contributed by atoms with van der Waals surface area (Å²) in [7, 11) is 0. The molecule has 3 rings (SSSR count). The summed E-state index contributed by atoms with van der Waals surface area (Å²) in [4.78, 5) is 30.0. The number of rotatable bonds is 3. The van der Waals surface area contributed by atoms with Crippen molar-refractivity contribution in [3.8, 4) is 0 Å². The van der Waals surface area contributed by atoms with E-state index in [0.29, 0.717) is 29.4 Å². The summed E-state index contributed by atoms with van der Waals surface area (Å²) in [5.41, 5.74) is 2.14. The van der Waals surface area contributed by atoms with Crippen LogP contribution in [-0.2, 0) is 11.3 Å². The van der Waals surface area contributed by atoms with Gasteiger partial charge in [0.05, 0.1) is 17.3 Å². The second-order valence-electron chi connectivity index (χ2n) is 5.38. The first kappa shape index (κ1) is 14.1. The van der Waals surface area contributed by atoms with Crippen LogP contribution in [0.4, 0.5) is 10.6 Å². The number of pyridine rings is 1. The summed E-state index contributed by atoms with van der Waals surface area (Å²) in [6.45, 7) is 0.0424. The molecule has 2 fully saturated rings. The number of hydrogen-bond donors (Lipinski definition) is 3. The van der Waals surface area contributed by atoms with Crippen molar-refractivity contribution in [1.82, 2.24) is 15.2 Å². The number of halogens is 1. The molecule has 7 nitrogen and oxygen atoms in total. The zero-order valence-electron chi connectivity index (χ0n) is 11.4. The first-order valence-corrected chi connectivity index (χ1v) is 7.20. The summed E-state index contributed by atoms with van der Waals surface area (Å²) < 4.78 is 0. The van der Waals surface area contributed by atoms with Crippen LogP contribution < -0.4 is 16.6 Å². The van der Waals surface area contributed by atoms with Gasteiger partial charge in [0.2, 0.25) is 0 Å². The van der Waals surface area contributed by atoms with E-state index in [0.717, 1.165) is 12.8 Å². The van der Waals surface area contributed by atoms with Gasteiger partial charge in [-0.1, -0.05) is 24.4 Å². The molecular weight excluding hydrogens is 294 g/mol. The standard InChI is InChI=1S/C13H16ClN5O2/c14-8-3-4-10(18-15)16-9(8)7-19-11(20)13(17-12(19)21)5-1-2-6-13/h3-4H,1-2,5-7,15H2,(H,16,18)(H,17,21). The van der Waals surface area contributed by atoms with E-state index in [-0.39, 0.29) is 18.5 Å². The van der Waals surface area contributed by atoms with E-state index < -0.39 is 5.54 Å². The van der Waals surface area contributed by atoms with Gasteiger partial charge in [-0.05, 0) is 25.0 Å². The molecule has 1 aliphatic heterocycles. The molecular formula is C13H16ClN5O2. The number of hydrazine groups is 1. The second kappa shape index (κ2) is 5.16. The molecule has 1 aromatic heterocycles. The third-order valence-electron chi connectivity index (χ3n) is 4.08. The van der Waals surface area contributed by atoms with Crippen molar-refractivity contribution in [2.75, 3.05) is 5.43 Å². The van der Waals surface area contributed by atoms with E-state index in [4.69, 9.17) is 17.4 Å². The van der Waals surface area contributed by atoms with Crippen LogP contribution in [0.2, 0.25) is 5.02 Å². The van der Waals surface area contributed by atoms with Gasteiger partial charge >= 0.3 is 6.03 Å². The third kappa shape index (κ3) is 2.32. The lowest BCUT2D eigenvalue weighted by Gasteiger charge is -2.20. The van der Waals surface area contributed by atoms with Gasteiger partial charge in [-0.2, -0.15) is 0 Å². The molecule has 1 saturated heterocycles. The van der Waals surface area contributed by atoms with E-state index in [1.807, 2.05) is 0 Å². The van der Waals surface area contributed by atoms with Crippen LogP contribution in [0.3, 0.4) is 0 Å². The molecule has 1 spiro atoms. The normalized spacial score (nSPS) is 20.2. The monoisotopic (exact) mass is 309 g/mol. The van der Waals surface area contributed by atoms with Gasteiger partial charge in [0, 0.05) is 0 Å². The zero-order valence-corrected chi connectivity index (χ0v) is 12.1. The van der Waals surface area contributed by atoms with E-state index >= 15 is 0 Å². The maximum atomic E-state index is 12.5. The van der Waals surface area contributed by atoms with E-state index in [1.165, 1.54) is 4.90 Å². The molecule has 1 saturated carbocycles. The number of carbonyl (C=O) groups excluding carboxylic acids is 2. The number of amides is 3. The Kier molecular flexibility index (Phi) is 3.46. The van der Waals surface area contributed by atoms with Gasteiger partial charge in [0.15, 0.2) is 0 Å². The predicted molar refractivity (Wildman–Crippen MR) is 77.3 cm³/mol. The van der Waals surface area contributed by atoms with Crippen molar-refractivity contribution in [1.29, 1.82) is 0 Å². The predicted octanol–water partition coefficient (Wildman–Crippen LogP) is 1.39. The van der Waals surface area contributed by atoms with Crippen molar-refractivity contribution < 1.29 is 9.59 Å². The van der Waals surface area contributed by atoms with Gasteiger partial charge in [-0.3, -0.25) is 9.69 Å². The summed E-state index contributed by atoms with van der Waals surface area (Å²) in [6, 6.07) is 2.87. The minimum atomic E-state index is -0.715. The van der Waals surface area contributed by atoms with Crippen molar-refractivity contribution in [2.45, 2.75) is 37.8 Å². The fraction of sp³-hybridized carbons (Fsp3) is 0.462. The summed E-state index contributed by atoms with van der Waals surface area (Å²) in [5, 5.41) is 3.21. The molecule has 1 aromatic rings. The Labute approximate surface area is 126 Å². The lowest BCUT2D eigenvalue weighted by molar-refractivity contribution is -0.131. The Morgan fingerprint density at radius 2 is 2.10 bits per heavy atom. The molecule has 1 aliphatic carbocycles. The van der Waals surface area contributed by atoms with Crippen LogP contribution in [0, 0.1) is 0 Å². The number of hydrogen-bond acceptors (Lipinski definition) is 5. The SMILES string of the molecule is NNc1ccc(Cl)c(CN2C(=O)NC3(CCCC3)C2=O)n1. The molecule has 0 bridgehead atoms. The molecule has 0 radical (unpaired) electrons. The van der Waals surface area contributed by atoms with Crippen LogP contribution in [0.1, 0.15) is 31.4 Å². The quantitative estimate of drug-likeness (QED) is 0.445. The highest BCUT2D eigenvalue weighted by atomic mass is 35.5. The number of nitrogen functional groups attached to an aromatic ring is 1. The zero-order chi connectivity index (χ0) is 15.0. The Morgan fingerprint density at radius 1 is 1.38 bits per heavy atom. The second-order valence-corrected chi connectivity index (χ2v) is 5.79. The highest BCUT2D eigenvalue weighted by molar-refractivity contribution is 6.31. The molecule has 21 heavy (non-hydrogen) atoms. The molecule has 2 aliphatic rings. The first-order chi connectivity index (χ1) is 10.1. The molecule has 0 atom stereocenters. The fourth-order valence-corrected chi connectivity index (χ4v) is 3.13. The summed E-state index contributed by atoms with van der Waals surface area (Å²) >= 11 is 6.08. The van der Waals surface area contributed by atoms with Crippen molar-refractivity contribution >= 4 is 29.4 Å². The topological polar surface area (TPSA) is 100 Å². The van der Waals surface area contributed by atoms with Crippen LogP contribution in [0.15, 0.2) is 12.1 Å². The van der Waals surface area contributed by atoms with Gasteiger partial charge < -0.3 is 10.7 Å². The van der Waals surface area contributed by atoms with Crippen molar-refractivity contribution in [2.24, 2.45) is 5.84 Å². The van der Waals surface area contributed by atoms with Gasteiger partial charge in [0.1, 0.15) is 11.4 Å². The maximum absolute atomic E-state index is 12.5. The maximum Gasteiger partial charge on any atom is 0.325 e. The average molecular weight is 310 g/mol. The molecule has 0 aromatic carbocycles. The minimum Gasteiger partial charge on any atom is -0.323 e. The van der Waals surface area contributed by atoms with E-state index in [9.17, 15) is 9.59 Å². The molecule has 0 unspecified atom stereocenters. The van der Waals surface area contributed by atoms with Gasteiger partial charge in [0.25, 0.3) is 5.91 Å².